The average Bonchev–Trinajstić information content (AvgIpc) is 2.75. The van der Waals surface area contributed by atoms with Crippen molar-refractivity contribution in [2.24, 2.45) is 10.7 Å². The van der Waals surface area contributed by atoms with Crippen molar-refractivity contribution in [2.45, 2.75) is 0 Å². The van der Waals surface area contributed by atoms with Crippen molar-refractivity contribution in [3.8, 4) is 0 Å². The first kappa shape index (κ1) is 12.9. The minimum Gasteiger partial charge on any atom is -0.364 e. The number of carbonyl (C=O) groups is 1. The molecule has 7 heteroatoms. The summed E-state index contributed by atoms with van der Waals surface area (Å²) in [6, 6.07) is 9.34. The summed E-state index contributed by atoms with van der Waals surface area (Å²) < 4.78 is 4.38. The van der Waals surface area contributed by atoms with E-state index >= 15 is 0 Å². The summed E-state index contributed by atoms with van der Waals surface area (Å²) in [6.45, 7) is 0. The van der Waals surface area contributed by atoms with Gasteiger partial charge in [0.25, 0.3) is 5.91 Å². The normalized spacial score (nSPS) is 12.7. The topological polar surface area (TPSA) is 68.3 Å². The lowest BCUT2D eigenvalue weighted by Crippen LogP contribution is -2.14. The second-order valence-corrected chi connectivity index (χ2v) is 5.45. The van der Waals surface area contributed by atoms with E-state index in [0.29, 0.717) is 4.67 Å². The van der Waals surface area contributed by atoms with E-state index in [0.717, 1.165) is 5.56 Å². The highest BCUT2D eigenvalue weighted by Crippen LogP contribution is 2.10. The molecule has 18 heavy (non-hydrogen) atoms. The van der Waals surface area contributed by atoms with Crippen LogP contribution in [-0.2, 0) is 4.79 Å². The molecule has 92 valence electrons. The van der Waals surface area contributed by atoms with Gasteiger partial charge in [0.1, 0.15) is 5.70 Å². The number of nitrogens with zero attached hydrogens (tertiary/aromatic N) is 2. The van der Waals surface area contributed by atoms with Crippen molar-refractivity contribution in [2.75, 3.05) is 0 Å². The molecule has 0 saturated heterocycles. The van der Waals surface area contributed by atoms with Crippen LogP contribution < -0.4 is 10.4 Å². The van der Waals surface area contributed by atoms with Crippen molar-refractivity contribution in [1.29, 1.82) is 0 Å². The molecule has 1 heterocycles. The Hall–Kier alpha value is -1.50. The van der Waals surface area contributed by atoms with E-state index in [1.54, 1.807) is 6.08 Å². The fourth-order valence-corrected chi connectivity index (χ4v) is 3.18. The highest BCUT2D eigenvalue weighted by molar-refractivity contribution is 7.66. The van der Waals surface area contributed by atoms with Crippen LogP contribution in [-0.4, -0.2) is 10.3 Å². The van der Waals surface area contributed by atoms with Crippen molar-refractivity contribution < 1.29 is 4.79 Å². The number of hydrogen-bond donors (Lipinski definition) is 1. The Bertz CT molecular complexity index is 646. The van der Waals surface area contributed by atoms with E-state index in [-0.39, 0.29) is 10.9 Å². The average molecular weight is 298 g/mol. The van der Waals surface area contributed by atoms with Crippen LogP contribution in [0.4, 0.5) is 0 Å². The second-order valence-electron chi connectivity index (χ2n) is 3.26. The Kier molecular flexibility index (Phi) is 4.24. The first-order valence-corrected chi connectivity index (χ1v) is 7.38. The first-order chi connectivity index (χ1) is 8.66. The molecule has 4 nitrogen and oxygen atoms in total. The zero-order valence-corrected chi connectivity index (χ0v) is 11.4. The first-order valence-electron chi connectivity index (χ1n) is 4.89. The van der Waals surface area contributed by atoms with Gasteiger partial charge >= 0.3 is 0 Å². The Morgan fingerprint density at radius 2 is 2.11 bits per heavy atom. The number of benzene rings is 1. The lowest BCUT2D eigenvalue weighted by Gasteiger charge is -1.96. The Labute approximate surface area is 116 Å². The van der Waals surface area contributed by atoms with Crippen LogP contribution in [0.15, 0.2) is 41.0 Å². The Balaban J connectivity index is 2.46. The largest absolute Gasteiger partial charge is 0.364 e. The molecule has 0 spiro atoms. The van der Waals surface area contributed by atoms with Crippen molar-refractivity contribution in [3.05, 3.63) is 51.4 Å². The van der Waals surface area contributed by atoms with E-state index in [1.807, 2.05) is 30.3 Å². The van der Waals surface area contributed by atoms with Crippen LogP contribution in [0.1, 0.15) is 5.56 Å². The molecular weight excluding hydrogens is 290 g/mol. The van der Waals surface area contributed by atoms with Crippen LogP contribution in [0, 0.1) is 0 Å². The van der Waals surface area contributed by atoms with Gasteiger partial charge in [0.2, 0.25) is 0 Å². The molecule has 0 saturated carbocycles. The Morgan fingerprint density at radius 3 is 2.67 bits per heavy atom. The Morgan fingerprint density at radius 1 is 1.39 bits per heavy atom. The summed E-state index contributed by atoms with van der Waals surface area (Å²) in [6.07, 6.45) is 1.61. The minimum atomic E-state index is -0.603. The number of hydrogen-bond acceptors (Lipinski definition) is 5. The summed E-state index contributed by atoms with van der Waals surface area (Å²) in [5.41, 5.74) is 6.29. The predicted molar refractivity (Wildman–Crippen MR) is 74.2 cm³/mol. The predicted octanol–water partition coefficient (Wildman–Crippen LogP) is 2.29. The van der Waals surface area contributed by atoms with Gasteiger partial charge in [-0.2, -0.15) is 4.37 Å². The van der Waals surface area contributed by atoms with E-state index in [1.165, 1.54) is 20.9 Å². The number of amides is 1. The van der Waals surface area contributed by atoms with Gasteiger partial charge in [-0.15, -0.1) is 0 Å². The molecule has 1 aromatic carbocycles. The molecule has 1 aromatic heterocycles. The number of nitrogens with two attached hydrogens (primary N) is 1. The standard InChI is InChI=1S/C11H8ClN3OS2/c12-9-11(17-18-15-9)14-8(10(13)16)6-7-4-2-1-3-5-7/h1-6H,(H2,13,16)/b8-6-,14-11?. The van der Waals surface area contributed by atoms with E-state index in [2.05, 4.69) is 9.37 Å². The van der Waals surface area contributed by atoms with Crippen molar-refractivity contribution >= 4 is 44.5 Å². The summed E-state index contributed by atoms with van der Waals surface area (Å²) >= 11 is 5.83. The molecule has 2 aromatic rings. The highest BCUT2D eigenvalue weighted by atomic mass is 35.5. The summed E-state index contributed by atoms with van der Waals surface area (Å²) in [4.78, 5) is 15.5. The molecule has 0 unspecified atom stereocenters. The number of carbonyl (C=O) groups excluding carboxylic acids is 1. The smallest absolute Gasteiger partial charge is 0.267 e. The molecular formula is C11H8ClN3OS2. The zero-order chi connectivity index (χ0) is 13.0. The lowest BCUT2D eigenvalue weighted by molar-refractivity contribution is -0.114. The fraction of sp³-hybridized carbons (Fsp3) is 0. The molecule has 0 fully saturated rings. The fourth-order valence-electron chi connectivity index (χ4n) is 1.20. The maximum absolute atomic E-state index is 11.3. The van der Waals surface area contributed by atoms with Gasteiger partial charge in [0, 0.05) is 10.5 Å². The van der Waals surface area contributed by atoms with Crippen molar-refractivity contribution in [1.82, 2.24) is 4.37 Å². The molecule has 0 bridgehead atoms. The SMILES string of the molecule is NC(=O)/C(=C/c1ccccc1)N=c1ssnc1Cl. The molecule has 0 atom stereocenters. The van der Waals surface area contributed by atoms with Gasteiger partial charge < -0.3 is 5.73 Å². The molecule has 2 rings (SSSR count). The van der Waals surface area contributed by atoms with Gasteiger partial charge in [-0.3, -0.25) is 4.79 Å². The van der Waals surface area contributed by atoms with Crippen LogP contribution >= 0.6 is 32.5 Å². The van der Waals surface area contributed by atoms with Gasteiger partial charge in [0.15, 0.2) is 9.82 Å². The highest BCUT2D eigenvalue weighted by Gasteiger charge is 2.05. The molecule has 0 radical (unpaired) electrons. The number of aromatic nitrogens is 1. The molecule has 1 amide bonds. The number of rotatable bonds is 3. The van der Waals surface area contributed by atoms with Crippen LogP contribution in [0.3, 0.4) is 0 Å². The third-order valence-electron chi connectivity index (χ3n) is 1.99. The minimum absolute atomic E-state index is 0.152. The van der Waals surface area contributed by atoms with Gasteiger partial charge in [-0.25, -0.2) is 4.99 Å². The zero-order valence-electron chi connectivity index (χ0n) is 9.04. The second kappa shape index (κ2) is 5.90. The molecule has 2 N–H and O–H groups in total. The monoisotopic (exact) mass is 297 g/mol. The number of primary amides is 1. The summed E-state index contributed by atoms with van der Waals surface area (Å²) in [5, 5.41) is 0.283. The van der Waals surface area contributed by atoms with E-state index < -0.39 is 5.91 Å². The molecule has 0 aliphatic carbocycles. The van der Waals surface area contributed by atoms with Crippen LogP contribution in [0.5, 0.6) is 0 Å². The summed E-state index contributed by atoms with van der Waals surface area (Å²) in [5.74, 6) is -0.603. The maximum atomic E-state index is 11.3. The molecule has 0 aliphatic heterocycles. The third kappa shape index (κ3) is 3.25. The van der Waals surface area contributed by atoms with Gasteiger partial charge in [0.05, 0.1) is 0 Å². The third-order valence-corrected chi connectivity index (χ3v) is 4.16. The van der Waals surface area contributed by atoms with Gasteiger partial charge in [-0.1, -0.05) is 41.9 Å². The summed E-state index contributed by atoms with van der Waals surface area (Å²) in [7, 11) is 2.50. The molecule has 0 aliphatic rings. The number of halogens is 1. The van der Waals surface area contributed by atoms with Crippen LogP contribution in [0.2, 0.25) is 5.15 Å². The van der Waals surface area contributed by atoms with E-state index in [9.17, 15) is 4.79 Å². The maximum Gasteiger partial charge on any atom is 0.267 e. The van der Waals surface area contributed by atoms with E-state index in [4.69, 9.17) is 17.3 Å². The quantitative estimate of drug-likeness (QED) is 0.697. The van der Waals surface area contributed by atoms with Gasteiger partial charge in [-0.05, 0) is 22.0 Å². The lowest BCUT2D eigenvalue weighted by atomic mass is 10.2. The van der Waals surface area contributed by atoms with Crippen LogP contribution in [0.25, 0.3) is 6.08 Å². The van der Waals surface area contributed by atoms with Crippen molar-refractivity contribution in [3.63, 3.8) is 0 Å².